The molecule has 0 saturated heterocycles. The van der Waals surface area contributed by atoms with Crippen molar-refractivity contribution in [3.05, 3.63) is 23.8 Å². The van der Waals surface area contributed by atoms with E-state index in [0.29, 0.717) is 24.2 Å². The lowest BCUT2D eigenvalue weighted by Gasteiger charge is -2.17. The molecule has 0 radical (unpaired) electrons. The predicted octanol–water partition coefficient (Wildman–Crippen LogP) is 2.05. The maximum absolute atomic E-state index is 12.2. The molecule has 20 heavy (non-hydrogen) atoms. The van der Waals surface area contributed by atoms with E-state index in [4.69, 9.17) is 0 Å². The summed E-state index contributed by atoms with van der Waals surface area (Å²) in [6.45, 7) is 3.34. The van der Waals surface area contributed by atoms with Crippen LogP contribution >= 0.6 is 0 Å². The lowest BCUT2D eigenvalue weighted by atomic mass is 10.0. The van der Waals surface area contributed by atoms with Crippen molar-refractivity contribution < 1.29 is 14.7 Å². The Hall–Kier alpha value is -1.88. The molecular weight excluding hydrogens is 256 g/mol. The predicted molar refractivity (Wildman–Crippen MR) is 77.5 cm³/mol. The van der Waals surface area contributed by atoms with Crippen molar-refractivity contribution in [2.24, 2.45) is 5.92 Å². The smallest absolute Gasteiger partial charge is 0.230 e. The summed E-state index contributed by atoms with van der Waals surface area (Å²) in [6, 6.07) is 5.44. The minimum Gasteiger partial charge on any atom is -0.392 e. The molecule has 2 amide bonds. The molecule has 0 bridgehead atoms. The molecule has 0 aromatic heterocycles. The largest absolute Gasteiger partial charge is 0.392 e. The Bertz CT molecular complexity index is 528. The maximum atomic E-state index is 12.2. The third kappa shape index (κ3) is 3.36. The first-order chi connectivity index (χ1) is 9.47. The van der Waals surface area contributed by atoms with Crippen LogP contribution in [0.3, 0.4) is 0 Å². The number of amides is 2. The number of hydrogen-bond donors (Lipinski definition) is 3. The van der Waals surface area contributed by atoms with Crippen molar-refractivity contribution in [1.82, 2.24) is 0 Å². The number of aryl methyl sites for hydroxylation is 1. The molecule has 1 aromatic carbocycles. The Labute approximate surface area is 118 Å². The van der Waals surface area contributed by atoms with Gasteiger partial charge in [-0.25, -0.2) is 0 Å². The van der Waals surface area contributed by atoms with Crippen LogP contribution in [0.2, 0.25) is 0 Å². The van der Waals surface area contributed by atoms with Crippen molar-refractivity contribution >= 4 is 23.2 Å². The zero-order valence-corrected chi connectivity index (χ0v) is 11.8. The molecule has 108 valence electrons. The van der Waals surface area contributed by atoms with E-state index < -0.39 is 6.10 Å². The number of benzene rings is 1. The molecule has 0 spiro atoms. The number of aliphatic hydroxyl groups excluding tert-OH is 1. The molecule has 5 nitrogen and oxygen atoms in total. The molecule has 1 aromatic rings. The number of aliphatic hydroxyl groups is 1. The monoisotopic (exact) mass is 276 g/mol. The van der Waals surface area contributed by atoms with Gasteiger partial charge in [0.15, 0.2) is 0 Å². The van der Waals surface area contributed by atoms with Gasteiger partial charge in [-0.1, -0.05) is 6.07 Å². The van der Waals surface area contributed by atoms with Crippen LogP contribution in [-0.4, -0.2) is 23.0 Å². The SMILES string of the molecule is CC(=O)Nc1ccc(C)cc1NC(=O)C1CCCC1O. The Morgan fingerprint density at radius 2 is 1.95 bits per heavy atom. The fraction of sp³-hybridized carbons (Fsp3) is 0.467. The summed E-state index contributed by atoms with van der Waals surface area (Å²) in [5, 5.41) is 15.3. The van der Waals surface area contributed by atoms with Gasteiger partial charge in [0.25, 0.3) is 0 Å². The summed E-state index contributed by atoms with van der Waals surface area (Å²) in [5.41, 5.74) is 2.13. The van der Waals surface area contributed by atoms with Gasteiger partial charge in [-0.15, -0.1) is 0 Å². The summed E-state index contributed by atoms with van der Waals surface area (Å²) in [7, 11) is 0. The molecule has 0 aliphatic heterocycles. The number of hydrogen-bond acceptors (Lipinski definition) is 3. The molecule has 1 saturated carbocycles. The summed E-state index contributed by atoms with van der Waals surface area (Å²) >= 11 is 0. The Morgan fingerprint density at radius 1 is 1.20 bits per heavy atom. The molecule has 1 fully saturated rings. The summed E-state index contributed by atoms with van der Waals surface area (Å²) in [6.07, 6.45) is 1.67. The Balaban J connectivity index is 2.16. The van der Waals surface area contributed by atoms with Gasteiger partial charge in [0, 0.05) is 6.92 Å². The Morgan fingerprint density at radius 3 is 2.55 bits per heavy atom. The second-order valence-electron chi connectivity index (χ2n) is 5.32. The second-order valence-corrected chi connectivity index (χ2v) is 5.32. The molecule has 1 aliphatic carbocycles. The average molecular weight is 276 g/mol. The highest BCUT2D eigenvalue weighted by atomic mass is 16.3. The van der Waals surface area contributed by atoms with Crippen LogP contribution in [0.1, 0.15) is 31.7 Å². The van der Waals surface area contributed by atoms with Crippen LogP contribution in [0, 0.1) is 12.8 Å². The first kappa shape index (κ1) is 14.5. The van der Waals surface area contributed by atoms with Crippen LogP contribution in [0.25, 0.3) is 0 Å². The van der Waals surface area contributed by atoms with E-state index >= 15 is 0 Å². The molecule has 2 unspecified atom stereocenters. The number of anilines is 2. The maximum Gasteiger partial charge on any atom is 0.230 e. The van der Waals surface area contributed by atoms with Gasteiger partial charge < -0.3 is 15.7 Å². The van der Waals surface area contributed by atoms with E-state index in [2.05, 4.69) is 10.6 Å². The highest BCUT2D eigenvalue weighted by molar-refractivity contribution is 6.00. The molecule has 2 rings (SSSR count). The fourth-order valence-electron chi connectivity index (χ4n) is 2.53. The van der Waals surface area contributed by atoms with E-state index in [-0.39, 0.29) is 17.7 Å². The van der Waals surface area contributed by atoms with E-state index in [1.165, 1.54) is 6.92 Å². The number of carbonyl (C=O) groups excluding carboxylic acids is 2. The van der Waals surface area contributed by atoms with Gasteiger partial charge in [-0.05, 0) is 43.9 Å². The first-order valence-corrected chi connectivity index (χ1v) is 6.84. The fourth-order valence-corrected chi connectivity index (χ4v) is 2.53. The lowest BCUT2D eigenvalue weighted by molar-refractivity contribution is -0.122. The van der Waals surface area contributed by atoms with Crippen LogP contribution in [-0.2, 0) is 9.59 Å². The Kier molecular flexibility index (Phi) is 4.39. The van der Waals surface area contributed by atoms with E-state index in [9.17, 15) is 14.7 Å². The minimum absolute atomic E-state index is 0.188. The van der Waals surface area contributed by atoms with Crippen LogP contribution in [0.4, 0.5) is 11.4 Å². The van der Waals surface area contributed by atoms with E-state index in [1.54, 1.807) is 6.07 Å². The molecular formula is C15H20N2O3. The van der Waals surface area contributed by atoms with Crippen LogP contribution in [0.15, 0.2) is 18.2 Å². The summed E-state index contributed by atoms with van der Waals surface area (Å²) < 4.78 is 0. The minimum atomic E-state index is -0.566. The number of nitrogens with one attached hydrogen (secondary N) is 2. The number of carbonyl (C=O) groups is 2. The van der Waals surface area contributed by atoms with E-state index in [1.807, 2.05) is 19.1 Å². The van der Waals surface area contributed by atoms with Crippen molar-refractivity contribution in [1.29, 1.82) is 0 Å². The van der Waals surface area contributed by atoms with Crippen molar-refractivity contribution in [3.63, 3.8) is 0 Å². The molecule has 0 heterocycles. The standard InChI is InChI=1S/C15H20N2O3/c1-9-6-7-12(16-10(2)18)13(8-9)17-15(20)11-4-3-5-14(11)19/h6-8,11,14,19H,3-5H2,1-2H3,(H,16,18)(H,17,20). The quantitative estimate of drug-likeness (QED) is 0.790. The van der Waals surface area contributed by atoms with Gasteiger partial charge in [0.05, 0.1) is 23.4 Å². The molecule has 5 heteroatoms. The highest BCUT2D eigenvalue weighted by Gasteiger charge is 2.31. The van der Waals surface area contributed by atoms with Gasteiger partial charge in [0.1, 0.15) is 0 Å². The topological polar surface area (TPSA) is 78.4 Å². The first-order valence-electron chi connectivity index (χ1n) is 6.84. The lowest BCUT2D eigenvalue weighted by Crippen LogP contribution is -2.29. The van der Waals surface area contributed by atoms with Gasteiger partial charge in [-0.2, -0.15) is 0 Å². The van der Waals surface area contributed by atoms with Crippen LogP contribution in [0.5, 0.6) is 0 Å². The molecule has 3 N–H and O–H groups in total. The molecule has 1 aliphatic rings. The third-order valence-electron chi connectivity index (χ3n) is 3.56. The summed E-state index contributed by atoms with van der Waals surface area (Å²) in [4.78, 5) is 23.4. The average Bonchev–Trinajstić information content (AvgIpc) is 2.78. The van der Waals surface area contributed by atoms with Crippen LogP contribution < -0.4 is 10.6 Å². The van der Waals surface area contributed by atoms with Crippen molar-refractivity contribution in [3.8, 4) is 0 Å². The normalized spacial score (nSPS) is 21.6. The van der Waals surface area contributed by atoms with Gasteiger partial charge >= 0.3 is 0 Å². The van der Waals surface area contributed by atoms with Gasteiger partial charge in [0.2, 0.25) is 11.8 Å². The zero-order valence-electron chi connectivity index (χ0n) is 11.8. The van der Waals surface area contributed by atoms with Crippen molar-refractivity contribution in [2.45, 2.75) is 39.2 Å². The zero-order chi connectivity index (χ0) is 14.7. The molecule has 2 atom stereocenters. The summed E-state index contributed by atoms with van der Waals surface area (Å²) in [5.74, 6) is -0.738. The van der Waals surface area contributed by atoms with Gasteiger partial charge in [-0.3, -0.25) is 9.59 Å². The second kappa shape index (κ2) is 6.05. The van der Waals surface area contributed by atoms with E-state index in [0.717, 1.165) is 12.0 Å². The third-order valence-corrected chi connectivity index (χ3v) is 3.56. The number of rotatable bonds is 3. The highest BCUT2D eigenvalue weighted by Crippen LogP contribution is 2.29. The van der Waals surface area contributed by atoms with Crippen molar-refractivity contribution in [2.75, 3.05) is 10.6 Å².